The summed E-state index contributed by atoms with van der Waals surface area (Å²) in [6.45, 7) is 19.3. The number of carbonyl (C=O) groups excluding carboxylic acids is 8. The number of carbonyl (C=O) groups is 4. The number of anilines is 3. The van der Waals surface area contributed by atoms with Gasteiger partial charge in [-0.25, -0.2) is 4.79 Å². The van der Waals surface area contributed by atoms with Crippen molar-refractivity contribution in [3.05, 3.63) is 149 Å². The SMILES string of the molecule is C=C(C)COC(=O)Cc1ccc(N(c2ccc(CC(=O)OCC(=C)C(=O)OC)cc2)c2ccc3c(c2)C(C)(C)c2cc(CC(=O)OCC(=C)C)ccc2-3)cc1.O=C=O.O=C=O. The van der Waals surface area contributed by atoms with Gasteiger partial charge >= 0.3 is 36.2 Å². The lowest BCUT2D eigenvalue weighted by Gasteiger charge is -2.28. The highest BCUT2D eigenvalue weighted by atomic mass is 16.5. The van der Waals surface area contributed by atoms with Crippen LogP contribution in [0.15, 0.2) is 121 Å². The summed E-state index contributed by atoms with van der Waals surface area (Å²) >= 11 is 0. The molecule has 4 aromatic carbocycles. The van der Waals surface area contributed by atoms with E-state index in [0.717, 1.165) is 67.2 Å². The molecule has 5 rings (SSSR count). The molecule has 0 amide bonds. The molecule has 0 spiro atoms. The van der Waals surface area contributed by atoms with Crippen LogP contribution in [0.2, 0.25) is 0 Å². The van der Waals surface area contributed by atoms with Crippen LogP contribution in [0.1, 0.15) is 55.5 Å². The number of fused-ring (bicyclic) bond motifs is 3. The van der Waals surface area contributed by atoms with Gasteiger partial charge in [0.2, 0.25) is 0 Å². The van der Waals surface area contributed by atoms with Gasteiger partial charge in [0.15, 0.2) is 0 Å². The van der Waals surface area contributed by atoms with Crippen molar-refractivity contribution >= 4 is 53.2 Å². The maximum Gasteiger partial charge on any atom is 0.373 e. The average molecular weight is 830 g/mol. The second kappa shape index (κ2) is 22.6. The van der Waals surface area contributed by atoms with Crippen molar-refractivity contribution in [3.8, 4) is 11.1 Å². The molecular weight excluding hydrogens is 783 g/mol. The quantitative estimate of drug-likeness (QED) is 0.0472. The monoisotopic (exact) mass is 829 g/mol. The molecule has 0 aromatic heterocycles. The molecule has 13 nitrogen and oxygen atoms in total. The summed E-state index contributed by atoms with van der Waals surface area (Å²) in [5.74, 6) is -1.76. The highest BCUT2D eigenvalue weighted by Crippen LogP contribution is 2.51. The van der Waals surface area contributed by atoms with Crippen LogP contribution in [0.4, 0.5) is 17.1 Å². The molecule has 4 aromatic rings. The van der Waals surface area contributed by atoms with Gasteiger partial charge in [-0.05, 0) is 100 Å². The van der Waals surface area contributed by atoms with Crippen molar-refractivity contribution in [3.63, 3.8) is 0 Å². The number of rotatable bonds is 16. The minimum atomic E-state index is -0.631. The Morgan fingerprint density at radius 3 is 1.34 bits per heavy atom. The first-order valence-corrected chi connectivity index (χ1v) is 18.8. The van der Waals surface area contributed by atoms with Crippen molar-refractivity contribution in [1.29, 1.82) is 0 Å². The van der Waals surface area contributed by atoms with Crippen molar-refractivity contribution in [1.82, 2.24) is 0 Å². The van der Waals surface area contributed by atoms with Gasteiger partial charge in [-0.15, -0.1) is 0 Å². The predicted molar refractivity (Wildman–Crippen MR) is 223 cm³/mol. The lowest BCUT2D eigenvalue weighted by molar-refractivity contribution is -0.193. The molecule has 0 radical (unpaired) electrons. The molecule has 0 saturated heterocycles. The summed E-state index contributed by atoms with van der Waals surface area (Å²) in [7, 11) is 1.24. The Morgan fingerprint density at radius 1 is 0.557 bits per heavy atom. The van der Waals surface area contributed by atoms with E-state index in [2.05, 4.69) is 73.6 Å². The molecule has 1 aliphatic carbocycles. The molecule has 0 bridgehead atoms. The third-order valence-corrected chi connectivity index (χ3v) is 9.26. The Balaban J connectivity index is 0.00000156. The maximum atomic E-state index is 12.6. The van der Waals surface area contributed by atoms with E-state index in [-0.39, 0.29) is 74.3 Å². The van der Waals surface area contributed by atoms with Crippen LogP contribution in [0, 0.1) is 0 Å². The summed E-state index contributed by atoms with van der Waals surface area (Å²) in [5, 5.41) is 0. The molecule has 0 fully saturated rings. The summed E-state index contributed by atoms with van der Waals surface area (Å²) in [6.07, 6.45) is 0.804. The fourth-order valence-corrected chi connectivity index (χ4v) is 6.43. The number of hydrogen-bond acceptors (Lipinski definition) is 13. The minimum absolute atomic E-state index is 0.00378. The smallest absolute Gasteiger partial charge is 0.373 e. The molecule has 316 valence electrons. The zero-order valence-electron chi connectivity index (χ0n) is 34.8. The van der Waals surface area contributed by atoms with Gasteiger partial charge in [-0.3, -0.25) is 14.4 Å². The number of benzene rings is 4. The third-order valence-electron chi connectivity index (χ3n) is 9.26. The van der Waals surface area contributed by atoms with Crippen LogP contribution in [-0.4, -0.2) is 63.1 Å². The largest absolute Gasteiger partial charge is 0.466 e. The highest BCUT2D eigenvalue weighted by molar-refractivity contribution is 5.89. The number of ether oxygens (including phenoxy) is 4. The predicted octanol–water partition coefficient (Wildman–Crippen LogP) is 7.43. The standard InChI is InChI=1S/C46H47NO8.2CO2/c1-29(2)26-53-42(48)22-32-9-14-35(15-10-32)47(36-16-11-33(12-17-36)23-43(49)55-28-31(5)45(51)52-8)37-18-20-39-38-19-13-34(24-44(50)54-27-30(3)4)21-40(38)46(6,7)41(39)25-37;2*2-1-3/h9-21,25H,1,3,5,22-24,26-28H2,2,4,6-8H3;;. The lowest BCUT2D eigenvalue weighted by atomic mass is 9.81. The molecule has 0 heterocycles. The molecule has 0 N–H and O–H groups in total. The third kappa shape index (κ3) is 13.5. The molecule has 0 atom stereocenters. The first kappa shape index (κ1) is 47.9. The summed E-state index contributed by atoms with van der Waals surface area (Å²) < 4.78 is 20.5. The van der Waals surface area contributed by atoms with Crippen molar-refractivity contribution in [2.24, 2.45) is 0 Å². The Bertz CT molecular complexity index is 2330. The first-order valence-electron chi connectivity index (χ1n) is 18.8. The molecule has 13 heteroatoms. The minimum Gasteiger partial charge on any atom is -0.466 e. The normalized spacial score (nSPS) is 11.2. The zero-order chi connectivity index (χ0) is 45.3. The molecular formula is C48H47NO12. The molecule has 61 heavy (non-hydrogen) atoms. The Labute approximate surface area is 354 Å². The lowest BCUT2D eigenvalue weighted by Crippen LogP contribution is -2.17. The maximum absolute atomic E-state index is 12.6. The molecule has 1 aliphatic rings. The van der Waals surface area contributed by atoms with Crippen LogP contribution < -0.4 is 4.90 Å². The highest BCUT2D eigenvalue weighted by Gasteiger charge is 2.36. The Hall–Kier alpha value is -7.46. The summed E-state index contributed by atoms with van der Waals surface area (Å²) in [5.41, 5.74) is 10.8. The van der Waals surface area contributed by atoms with E-state index in [1.165, 1.54) is 7.11 Å². The summed E-state index contributed by atoms with van der Waals surface area (Å²) in [4.78, 5) is 83.8. The second-order valence-electron chi connectivity index (χ2n) is 14.6. The van der Waals surface area contributed by atoms with Gasteiger partial charge in [0, 0.05) is 22.5 Å². The second-order valence-corrected chi connectivity index (χ2v) is 14.6. The van der Waals surface area contributed by atoms with Crippen LogP contribution in [0.3, 0.4) is 0 Å². The Morgan fingerprint density at radius 2 is 0.918 bits per heavy atom. The topological polar surface area (TPSA) is 177 Å². The van der Waals surface area contributed by atoms with E-state index in [0.29, 0.717) is 0 Å². The van der Waals surface area contributed by atoms with Gasteiger partial charge in [-0.2, -0.15) is 19.2 Å². The van der Waals surface area contributed by atoms with Gasteiger partial charge in [-0.1, -0.05) is 82.1 Å². The van der Waals surface area contributed by atoms with Crippen LogP contribution in [-0.2, 0) is 82.0 Å². The van der Waals surface area contributed by atoms with Crippen LogP contribution in [0.5, 0.6) is 0 Å². The van der Waals surface area contributed by atoms with Crippen molar-refractivity contribution < 1.29 is 57.3 Å². The number of methoxy groups -OCH3 is 1. The van der Waals surface area contributed by atoms with Crippen LogP contribution >= 0.6 is 0 Å². The average Bonchev–Trinajstić information content (AvgIpc) is 3.44. The summed E-state index contributed by atoms with van der Waals surface area (Å²) in [6, 6.07) is 27.9. The van der Waals surface area contributed by atoms with Crippen molar-refractivity contribution in [2.45, 2.75) is 52.4 Å². The van der Waals surface area contributed by atoms with Gasteiger partial charge in [0.25, 0.3) is 0 Å². The van der Waals surface area contributed by atoms with E-state index in [1.807, 2.05) is 61.5 Å². The van der Waals surface area contributed by atoms with E-state index < -0.39 is 11.9 Å². The fraction of sp³-hybridized carbons (Fsp3) is 0.250. The zero-order valence-corrected chi connectivity index (χ0v) is 34.8. The van der Waals surface area contributed by atoms with E-state index in [1.54, 1.807) is 6.92 Å². The number of nitrogens with zero attached hydrogens (tertiary/aromatic N) is 1. The number of esters is 4. The van der Waals surface area contributed by atoms with E-state index in [4.69, 9.17) is 33.4 Å². The molecule has 0 saturated carbocycles. The molecule has 0 aliphatic heterocycles. The number of hydrogen-bond donors (Lipinski definition) is 0. The van der Waals surface area contributed by atoms with Gasteiger partial charge < -0.3 is 23.8 Å². The van der Waals surface area contributed by atoms with Gasteiger partial charge in [0.05, 0.1) is 31.9 Å². The first-order chi connectivity index (χ1) is 29.0. The fourth-order valence-electron chi connectivity index (χ4n) is 6.43. The van der Waals surface area contributed by atoms with Crippen LogP contribution in [0.25, 0.3) is 11.1 Å². The van der Waals surface area contributed by atoms with Gasteiger partial charge in [0.1, 0.15) is 19.8 Å². The molecule has 0 unspecified atom stereocenters. The van der Waals surface area contributed by atoms with E-state index in [9.17, 15) is 19.2 Å². The van der Waals surface area contributed by atoms with Crippen molar-refractivity contribution in [2.75, 3.05) is 31.8 Å². The Kier molecular flexibility index (Phi) is 17.8. The van der Waals surface area contributed by atoms with E-state index >= 15 is 0 Å².